The van der Waals surface area contributed by atoms with Crippen LogP contribution in [0.25, 0.3) is 10.2 Å². The molecule has 3 aromatic heterocycles. The van der Waals surface area contributed by atoms with Gasteiger partial charge in [0.1, 0.15) is 34.0 Å². The zero-order chi connectivity index (χ0) is 24.5. The molecule has 2 atom stereocenters. The molecule has 6 rings (SSSR count). The van der Waals surface area contributed by atoms with Gasteiger partial charge in [0.2, 0.25) is 0 Å². The summed E-state index contributed by atoms with van der Waals surface area (Å²) in [4.78, 5) is 51.7. The summed E-state index contributed by atoms with van der Waals surface area (Å²) in [5.41, 5.74) is 0.668. The summed E-state index contributed by atoms with van der Waals surface area (Å²) in [6.07, 6.45) is 6.71. The summed E-state index contributed by atoms with van der Waals surface area (Å²) in [5, 5.41) is 6.93. The van der Waals surface area contributed by atoms with Gasteiger partial charge < -0.3 is 15.5 Å². The van der Waals surface area contributed by atoms with E-state index in [1.54, 1.807) is 10.6 Å². The van der Waals surface area contributed by atoms with Crippen molar-refractivity contribution >= 4 is 44.7 Å². The third-order valence-electron chi connectivity index (χ3n) is 7.89. The van der Waals surface area contributed by atoms with E-state index in [-0.39, 0.29) is 23.2 Å². The van der Waals surface area contributed by atoms with E-state index < -0.39 is 5.66 Å². The lowest BCUT2D eigenvalue weighted by Gasteiger charge is -2.39. The third-order valence-corrected chi connectivity index (χ3v) is 8.95. The van der Waals surface area contributed by atoms with Crippen molar-refractivity contribution < 1.29 is 9.59 Å². The van der Waals surface area contributed by atoms with Gasteiger partial charge in [-0.25, -0.2) is 9.97 Å². The number of rotatable bonds is 5. The highest BCUT2D eigenvalue weighted by Crippen LogP contribution is 2.41. The molecule has 2 fully saturated rings. The number of thiophene rings is 1. The topological polar surface area (TPSA) is 109 Å². The van der Waals surface area contributed by atoms with Gasteiger partial charge in [-0.3, -0.25) is 19.0 Å². The molecule has 2 N–H and O–H groups in total. The van der Waals surface area contributed by atoms with Crippen LogP contribution in [0.4, 0.5) is 11.5 Å². The van der Waals surface area contributed by atoms with Crippen LogP contribution in [0.3, 0.4) is 0 Å². The van der Waals surface area contributed by atoms with Crippen LogP contribution in [0, 0.1) is 12.8 Å². The predicted molar refractivity (Wildman–Crippen MR) is 135 cm³/mol. The van der Waals surface area contributed by atoms with Crippen molar-refractivity contribution in [1.29, 1.82) is 0 Å². The van der Waals surface area contributed by atoms with Gasteiger partial charge in [-0.05, 0) is 77.2 Å². The van der Waals surface area contributed by atoms with E-state index in [1.807, 2.05) is 13.0 Å². The van der Waals surface area contributed by atoms with E-state index in [2.05, 4.69) is 39.6 Å². The highest BCUT2D eigenvalue weighted by molar-refractivity contribution is 7.20. The van der Waals surface area contributed by atoms with Gasteiger partial charge in [-0.15, -0.1) is 11.3 Å². The van der Waals surface area contributed by atoms with Crippen LogP contribution >= 0.6 is 11.3 Å². The summed E-state index contributed by atoms with van der Waals surface area (Å²) in [6, 6.07) is 3.99. The van der Waals surface area contributed by atoms with Crippen molar-refractivity contribution in [3.63, 3.8) is 0 Å². The first-order valence-electron chi connectivity index (χ1n) is 12.1. The number of carbonyl (C=O) groups excluding carboxylic acids is 2. The molecule has 0 saturated heterocycles. The van der Waals surface area contributed by atoms with Crippen LogP contribution in [-0.2, 0) is 5.66 Å². The molecule has 2 aliphatic carbocycles. The summed E-state index contributed by atoms with van der Waals surface area (Å²) < 4.78 is 1.62. The molecule has 9 nitrogen and oxygen atoms in total. The molecule has 3 aliphatic rings. The number of pyridine rings is 1. The van der Waals surface area contributed by atoms with Crippen molar-refractivity contribution in [2.24, 2.45) is 5.92 Å². The molecule has 1 spiro atoms. The molecule has 1 unspecified atom stereocenters. The Morgan fingerprint density at radius 1 is 1.23 bits per heavy atom. The lowest BCUT2D eigenvalue weighted by molar-refractivity contribution is 0.0789. The Hall–Kier alpha value is -3.11. The van der Waals surface area contributed by atoms with Crippen molar-refractivity contribution in [3.8, 4) is 0 Å². The van der Waals surface area contributed by atoms with E-state index in [9.17, 15) is 14.4 Å². The Labute approximate surface area is 206 Å². The summed E-state index contributed by atoms with van der Waals surface area (Å²) in [6.45, 7) is 1.84. The zero-order valence-electron chi connectivity index (χ0n) is 20.1. The molecule has 4 heterocycles. The van der Waals surface area contributed by atoms with Gasteiger partial charge >= 0.3 is 0 Å². The average Bonchev–Trinajstić information content (AvgIpc) is 3.52. The monoisotopic (exact) mass is 492 g/mol. The Bertz CT molecular complexity index is 1440. The molecule has 10 heteroatoms. The number of Topliss-reactive ketones (excluding diaryl/α,β-unsaturated/α-hetero) is 1. The van der Waals surface area contributed by atoms with Crippen molar-refractivity contribution in [2.75, 3.05) is 19.4 Å². The van der Waals surface area contributed by atoms with E-state index in [0.29, 0.717) is 32.9 Å². The minimum absolute atomic E-state index is 0.0209. The fraction of sp³-hybridized carbons (Fsp3) is 0.480. The minimum Gasteiger partial charge on any atom is -0.335 e. The number of amides is 1. The van der Waals surface area contributed by atoms with Crippen molar-refractivity contribution in [1.82, 2.24) is 24.8 Å². The molecule has 35 heavy (non-hydrogen) atoms. The molecule has 3 aromatic rings. The largest absolute Gasteiger partial charge is 0.335 e. The van der Waals surface area contributed by atoms with E-state index in [1.165, 1.54) is 17.7 Å². The molecule has 182 valence electrons. The van der Waals surface area contributed by atoms with Crippen LogP contribution in [-0.4, -0.2) is 51.3 Å². The molecular weight excluding hydrogens is 464 g/mol. The standard InChI is InChI=1S/C25H28N6O3S/c1-13-9-17(24(34)31-19(13)22(33)29-25(31)7-4-8-25)28-21-16-11-18(35-23(16)27-12-26-21)20(32)14-5-6-15(10-14)30(2)3/h9,11-12,14-15H,4-8,10H2,1-3H3,(H,29,33)(H,26,27,28)/t14?,15-/m1/s1. The Morgan fingerprint density at radius 2 is 2.03 bits per heavy atom. The number of ketones is 1. The quantitative estimate of drug-likeness (QED) is 0.526. The van der Waals surface area contributed by atoms with Gasteiger partial charge in [0, 0.05) is 12.0 Å². The van der Waals surface area contributed by atoms with Gasteiger partial charge in [0.15, 0.2) is 5.78 Å². The number of nitrogens with one attached hydrogen (secondary N) is 2. The third kappa shape index (κ3) is 3.41. The van der Waals surface area contributed by atoms with Crippen LogP contribution in [0.1, 0.15) is 64.2 Å². The maximum Gasteiger partial charge on any atom is 0.276 e. The maximum absolute atomic E-state index is 13.5. The van der Waals surface area contributed by atoms with Crippen LogP contribution < -0.4 is 16.2 Å². The second kappa shape index (κ2) is 7.96. The SMILES string of the molecule is Cc1cc(Nc2ncnc3sc(C(=O)C4CC[C@@H](N(C)C)C4)cc23)c(=O)n2c1C(=O)NC21CCC1. The molecule has 0 aromatic carbocycles. The normalized spacial score (nSPS) is 22.5. The fourth-order valence-corrected chi connectivity index (χ4v) is 6.80. The van der Waals surface area contributed by atoms with E-state index in [0.717, 1.165) is 49.5 Å². The van der Waals surface area contributed by atoms with Gasteiger partial charge in [-0.2, -0.15) is 0 Å². The summed E-state index contributed by atoms with van der Waals surface area (Å²) in [7, 11) is 4.12. The number of aryl methyl sites for hydroxylation is 1. The molecule has 2 saturated carbocycles. The Kier molecular flexibility index (Phi) is 5.08. The summed E-state index contributed by atoms with van der Waals surface area (Å²) in [5.74, 6) is 0.473. The predicted octanol–water partition coefficient (Wildman–Crippen LogP) is 3.40. The van der Waals surface area contributed by atoms with Crippen LogP contribution in [0.15, 0.2) is 23.3 Å². The average molecular weight is 493 g/mol. The number of nitrogens with zero attached hydrogens (tertiary/aromatic N) is 4. The molecule has 0 bridgehead atoms. The number of anilines is 2. The first-order chi connectivity index (χ1) is 16.8. The van der Waals surface area contributed by atoms with Gasteiger partial charge in [0.05, 0.1) is 10.3 Å². The van der Waals surface area contributed by atoms with E-state index in [4.69, 9.17) is 0 Å². The number of aromatic nitrogens is 3. The first kappa shape index (κ1) is 22.4. The smallest absolute Gasteiger partial charge is 0.276 e. The number of hydrogen-bond acceptors (Lipinski definition) is 8. The van der Waals surface area contributed by atoms with Gasteiger partial charge in [0.25, 0.3) is 11.5 Å². The molecule has 1 aliphatic heterocycles. The lowest BCUT2D eigenvalue weighted by Crippen LogP contribution is -2.52. The Balaban J connectivity index is 1.34. The Morgan fingerprint density at radius 3 is 2.71 bits per heavy atom. The van der Waals surface area contributed by atoms with Crippen LogP contribution in [0.5, 0.6) is 0 Å². The van der Waals surface area contributed by atoms with Gasteiger partial charge in [-0.1, -0.05) is 0 Å². The van der Waals surface area contributed by atoms with Crippen LogP contribution in [0.2, 0.25) is 0 Å². The molecule has 1 amide bonds. The molecule has 0 radical (unpaired) electrons. The van der Waals surface area contributed by atoms with E-state index >= 15 is 0 Å². The maximum atomic E-state index is 13.5. The molecular formula is C25H28N6O3S. The summed E-state index contributed by atoms with van der Waals surface area (Å²) >= 11 is 1.37. The van der Waals surface area contributed by atoms with Crippen molar-refractivity contribution in [2.45, 2.75) is 57.2 Å². The van der Waals surface area contributed by atoms with Crippen molar-refractivity contribution in [3.05, 3.63) is 44.9 Å². The second-order valence-corrected chi connectivity index (χ2v) is 11.3. The first-order valence-corrected chi connectivity index (χ1v) is 12.9. The number of carbonyl (C=O) groups is 2. The number of fused-ring (bicyclic) bond motifs is 3. The zero-order valence-corrected chi connectivity index (χ0v) is 20.9. The second-order valence-electron chi connectivity index (χ2n) is 10.2. The highest BCUT2D eigenvalue weighted by Gasteiger charge is 2.48. The lowest BCUT2D eigenvalue weighted by atomic mass is 9.85. The fourth-order valence-electron chi connectivity index (χ4n) is 5.78. The minimum atomic E-state index is -0.611. The highest BCUT2D eigenvalue weighted by atomic mass is 32.1. The number of hydrogen-bond donors (Lipinski definition) is 2.